The molecule has 2 atom stereocenters. The molecule has 1 fully saturated rings. The van der Waals surface area contributed by atoms with E-state index in [0.29, 0.717) is 19.3 Å². The maximum atomic E-state index is 12.5. The van der Waals surface area contributed by atoms with Crippen LogP contribution in [0.1, 0.15) is 31.2 Å². The quantitative estimate of drug-likeness (QED) is 0.920. The van der Waals surface area contributed by atoms with Crippen LogP contribution in [0, 0.1) is 0 Å². The molecule has 5 heteroatoms. The van der Waals surface area contributed by atoms with Gasteiger partial charge in [-0.15, -0.1) is 0 Å². The van der Waals surface area contributed by atoms with Crippen molar-refractivity contribution in [3.05, 3.63) is 29.8 Å². The molecule has 0 radical (unpaired) electrons. The Balaban J connectivity index is 1.73. The standard InChI is InChI=1S/C16H19NO4/c18-15(8-7-12-5-3-9-21-12)17-13-6-2-1-4-11(13)10-14(17)16(19)20/h1-2,4,6,12,14H,3,5,7-10H2,(H,19,20)/t12?,14-/m0/s1. The minimum Gasteiger partial charge on any atom is -0.480 e. The van der Waals surface area contributed by atoms with E-state index in [4.69, 9.17) is 4.74 Å². The van der Waals surface area contributed by atoms with Gasteiger partial charge in [-0.1, -0.05) is 18.2 Å². The molecule has 0 aromatic heterocycles. The van der Waals surface area contributed by atoms with Gasteiger partial charge in [0.1, 0.15) is 6.04 Å². The molecule has 1 aromatic rings. The lowest BCUT2D eigenvalue weighted by Gasteiger charge is -2.23. The molecule has 2 aliphatic heterocycles. The number of amides is 1. The van der Waals surface area contributed by atoms with Crippen LogP contribution in [0.2, 0.25) is 0 Å². The van der Waals surface area contributed by atoms with E-state index < -0.39 is 12.0 Å². The molecule has 21 heavy (non-hydrogen) atoms. The summed E-state index contributed by atoms with van der Waals surface area (Å²) in [5.74, 6) is -1.07. The van der Waals surface area contributed by atoms with Crippen molar-refractivity contribution in [2.24, 2.45) is 0 Å². The highest BCUT2D eigenvalue weighted by molar-refractivity contribution is 6.01. The summed E-state index contributed by atoms with van der Waals surface area (Å²) < 4.78 is 5.52. The molecule has 0 saturated carbocycles. The van der Waals surface area contributed by atoms with Gasteiger partial charge in [0.2, 0.25) is 5.91 Å². The lowest BCUT2D eigenvalue weighted by Crippen LogP contribution is -2.43. The van der Waals surface area contributed by atoms with Gasteiger partial charge in [-0.05, 0) is 30.9 Å². The summed E-state index contributed by atoms with van der Waals surface area (Å²) in [4.78, 5) is 25.4. The Morgan fingerprint density at radius 2 is 2.14 bits per heavy atom. The molecule has 5 nitrogen and oxygen atoms in total. The lowest BCUT2D eigenvalue weighted by molar-refractivity contribution is -0.139. The number of carbonyl (C=O) groups is 2. The van der Waals surface area contributed by atoms with Crippen LogP contribution in [0.4, 0.5) is 5.69 Å². The van der Waals surface area contributed by atoms with E-state index in [1.165, 1.54) is 4.90 Å². The Morgan fingerprint density at radius 1 is 1.33 bits per heavy atom. The third-order valence-corrected chi connectivity index (χ3v) is 4.23. The van der Waals surface area contributed by atoms with Gasteiger partial charge in [0, 0.05) is 25.1 Å². The summed E-state index contributed by atoms with van der Waals surface area (Å²) in [7, 11) is 0. The van der Waals surface area contributed by atoms with Crippen LogP contribution in [0.5, 0.6) is 0 Å². The largest absolute Gasteiger partial charge is 0.480 e. The molecule has 112 valence electrons. The van der Waals surface area contributed by atoms with E-state index in [9.17, 15) is 14.7 Å². The minimum atomic E-state index is -0.948. The highest BCUT2D eigenvalue weighted by atomic mass is 16.5. The molecule has 1 saturated heterocycles. The summed E-state index contributed by atoms with van der Waals surface area (Å²) >= 11 is 0. The second-order valence-corrected chi connectivity index (χ2v) is 5.62. The number of aliphatic carboxylic acids is 1. The number of carboxylic acids is 1. The number of fused-ring (bicyclic) bond motifs is 1. The zero-order valence-electron chi connectivity index (χ0n) is 11.8. The fourth-order valence-electron chi connectivity index (χ4n) is 3.17. The maximum Gasteiger partial charge on any atom is 0.327 e. The van der Waals surface area contributed by atoms with Gasteiger partial charge in [0.05, 0.1) is 6.10 Å². The van der Waals surface area contributed by atoms with Gasteiger partial charge >= 0.3 is 5.97 Å². The van der Waals surface area contributed by atoms with Crippen molar-refractivity contribution < 1.29 is 19.4 Å². The molecule has 1 aromatic carbocycles. The zero-order valence-corrected chi connectivity index (χ0v) is 11.8. The number of hydrogen-bond acceptors (Lipinski definition) is 3. The molecule has 2 aliphatic rings. The third-order valence-electron chi connectivity index (χ3n) is 4.23. The Morgan fingerprint density at radius 3 is 2.86 bits per heavy atom. The fraction of sp³-hybridized carbons (Fsp3) is 0.500. The van der Waals surface area contributed by atoms with Crippen molar-refractivity contribution in [2.75, 3.05) is 11.5 Å². The molecular weight excluding hydrogens is 270 g/mol. The maximum absolute atomic E-state index is 12.5. The normalized spacial score (nSPS) is 24.1. The summed E-state index contributed by atoms with van der Waals surface area (Å²) in [5.41, 5.74) is 1.66. The van der Waals surface area contributed by atoms with Crippen LogP contribution < -0.4 is 4.90 Å². The van der Waals surface area contributed by atoms with Crippen molar-refractivity contribution in [3.63, 3.8) is 0 Å². The number of para-hydroxylation sites is 1. The van der Waals surface area contributed by atoms with E-state index in [-0.39, 0.29) is 12.0 Å². The van der Waals surface area contributed by atoms with E-state index in [2.05, 4.69) is 0 Å². The zero-order chi connectivity index (χ0) is 14.8. The minimum absolute atomic E-state index is 0.122. The molecule has 2 heterocycles. The van der Waals surface area contributed by atoms with Gasteiger partial charge in [-0.25, -0.2) is 4.79 Å². The van der Waals surface area contributed by atoms with E-state index in [1.54, 1.807) is 0 Å². The molecule has 0 bridgehead atoms. The predicted molar refractivity (Wildman–Crippen MR) is 77.3 cm³/mol. The van der Waals surface area contributed by atoms with Crippen LogP contribution in [-0.2, 0) is 20.7 Å². The smallest absolute Gasteiger partial charge is 0.327 e. The number of anilines is 1. The average Bonchev–Trinajstić information content (AvgIpc) is 3.11. The highest BCUT2D eigenvalue weighted by Gasteiger charge is 2.38. The van der Waals surface area contributed by atoms with E-state index in [0.717, 1.165) is 30.7 Å². The number of hydrogen-bond donors (Lipinski definition) is 1. The van der Waals surface area contributed by atoms with E-state index in [1.807, 2.05) is 24.3 Å². The van der Waals surface area contributed by atoms with Gasteiger partial charge in [0.15, 0.2) is 0 Å². The Labute approximate surface area is 123 Å². The molecule has 3 rings (SSSR count). The number of benzene rings is 1. The van der Waals surface area contributed by atoms with Gasteiger partial charge in [-0.3, -0.25) is 9.69 Å². The Kier molecular flexibility index (Phi) is 3.92. The first-order chi connectivity index (χ1) is 10.2. The molecule has 1 unspecified atom stereocenters. The second kappa shape index (κ2) is 5.85. The third kappa shape index (κ3) is 2.78. The van der Waals surface area contributed by atoms with Gasteiger partial charge in [-0.2, -0.15) is 0 Å². The molecule has 0 aliphatic carbocycles. The monoisotopic (exact) mass is 289 g/mol. The summed E-state index contributed by atoms with van der Waals surface area (Å²) in [6, 6.07) is 6.64. The van der Waals surface area contributed by atoms with Crippen LogP contribution >= 0.6 is 0 Å². The van der Waals surface area contributed by atoms with Crippen LogP contribution in [0.3, 0.4) is 0 Å². The summed E-state index contributed by atoms with van der Waals surface area (Å²) in [6.07, 6.45) is 3.58. The van der Waals surface area contributed by atoms with Crippen LogP contribution in [0.25, 0.3) is 0 Å². The highest BCUT2D eigenvalue weighted by Crippen LogP contribution is 2.33. The van der Waals surface area contributed by atoms with E-state index >= 15 is 0 Å². The number of ether oxygens (including phenoxy) is 1. The number of rotatable bonds is 4. The molecule has 0 spiro atoms. The van der Waals surface area contributed by atoms with Crippen molar-refractivity contribution in [3.8, 4) is 0 Å². The van der Waals surface area contributed by atoms with Crippen LogP contribution in [-0.4, -0.2) is 35.7 Å². The first kappa shape index (κ1) is 14.1. The van der Waals surface area contributed by atoms with Crippen LogP contribution in [0.15, 0.2) is 24.3 Å². The molecular formula is C16H19NO4. The SMILES string of the molecule is O=C(O)[C@@H]1Cc2ccccc2N1C(=O)CCC1CCCO1. The predicted octanol–water partition coefficient (Wildman–Crippen LogP) is 1.99. The fourth-order valence-corrected chi connectivity index (χ4v) is 3.17. The number of carbonyl (C=O) groups excluding carboxylic acids is 1. The number of nitrogens with zero attached hydrogens (tertiary/aromatic N) is 1. The number of carboxylic acid groups (broad SMARTS) is 1. The van der Waals surface area contributed by atoms with Crippen molar-refractivity contribution in [1.29, 1.82) is 0 Å². The Bertz CT molecular complexity index is 551. The van der Waals surface area contributed by atoms with Gasteiger partial charge < -0.3 is 9.84 Å². The summed E-state index contributed by atoms with van der Waals surface area (Å²) in [6.45, 7) is 0.767. The summed E-state index contributed by atoms with van der Waals surface area (Å²) in [5, 5.41) is 9.37. The molecule has 1 N–H and O–H groups in total. The van der Waals surface area contributed by atoms with Crippen molar-refractivity contribution in [2.45, 2.75) is 44.2 Å². The van der Waals surface area contributed by atoms with Crippen molar-refractivity contribution >= 4 is 17.6 Å². The van der Waals surface area contributed by atoms with Crippen molar-refractivity contribution in [1.82, 2.24) is 0 Å². The first-order valence-electron chi connectivity index (χ1n) is 7.41. The second-order valence-electron chi connectivity index (χ2n) is 5.62. The average molecular weight is 289 g/mol. The lowest BCUT2D eigenvalue weighted by atomic mass is 10.1. The first-order valence-corrected chi connectivity index (χ1v) is 7.41. The molecule has 1 amide bonds. The van der Waals surface area contributed by atoms with Gasteiger partial charge in [0.25, 0.3) is 0 Å². The topological polar surface area (TPSA) is 66.8 Å². The Hall–Kier alpha value is -1.88.